The van der Waals surface area contributed by atoms with Crippen molar-refractivity contribution >= 4 is 37.4 Å². The lowest BCUT2D eigenvalue weighted by Crippen LogP contribution is -1.92. The highest BCUT2D eigenvalue weighted by molar-refractivity contribution is 9.10. The number of rotatable bonds is 4. The number of thiophene rings is 1. The van der Waals surface area contributed by atoms with Gasteiger partial charge >= 0.3 is 0 Å². The average molecular weight is 363 g/mol. The zero-order valence-electron chi connectivity index (χ0n) is 12.3. The molecule has 21 heavy (non-hydrogen) atoms. The number of hydrogen-bond donors (Lipinski definition) is 0. The van der Waals surface area contributed by atoms with E-state index in [2.05, 4.69) is 52.3 Å². The predicted molar refractivity (Wildman–Crippen MR) is 95.8 cm³/mol. The molecule has 0 saturated carbocycles. The van der Waals surface area contributed by atoms with Gasteiger partial charge in [-0.05, 0) is 27.6 Å². The molecule has 0 aliphatic heterocycles. The van der Waals surface area contributed by atoms with Gasteiger partial charge in [0, 0.05) is 19.4 Å². The average Bonchev–Trinajstić information content (AvgIpc) is 2.87. The molecule has 0 N–H and O–H groups in total. The molecular weight excluding hydrogens is 344 g/mol. The van der Waals surface area contributed by atoms with Crippen molar-refractivity contribution in [2.24, 2.45) is 0 Å². The van der Waals surface area contributed by atoms with Crippen LogP contribution in [0.4, 0.5) is 0 Å². The molecule has 1 heterocycles. The number of fused-ring (bicyclic) bond motifs is 1. The molecule has 0 aliphatic carbocycles. The summed E-state index contributed by atoms with van der Waals surface area (Å²) < 4.78 is 8.26. The largest absolute Gasteiger partial charge is 0.371 e. The van der Waals surface area contributed by atoms with Crippen molar-refractivity contribution in [3.63, 3.8) is 0 Å². The predicted octanol–water partition coefficient (Wildman–Crippen LogP) is 6.41. The van der Waals surface area contributed by atoms with Crippen molar-refractivity contribution in [3.8, 4) is 0 Å². The molecule has 0 spiro atoms. The molecule has 1 aromatic heterocycles. The minimum absolute atomic E-state index is 0.648. The van der Waals surface area contributed by atoms with Crippen LogP contribution >= 0.6 is 27.3 Å². The minimum Gasteiger partial charge on any atom is -0.371 e. The third-order valence-corrected chi connectivity index (χ3v) is 5.26. The molecular formula is C18H19BrOS. The topological polar surface area (TPSA) is 9.23 Å². The second-order valence-corrected chi connectivity index (χ2v) is 6.24. The molecule has 3 aromatic rings. The maximum absolute atomic E-state index is 5.80. The maximum atomic E-state index is 5.80. The summed E-state index contributed by atoms with van der Waals surface area (Å²) in [5, 5.41) is 1.27. The summed E-state index contributed by atoms with van der Waals surface area (Å²) in [6.07, 6.45) is 0. The van der Waals surface area contributed by atoms with Gasteiger partial charge in [-0.15, -0.1) is 11.3 Å². The lowest BCUT2D eigenvalue weighted by molar-refractivity contribution is 0.109. The van der Waals surface area contributed by atoms with E-state index in [9.17, 15) is 0 Å². The first-order valence-corrected chi connectivity index (χ1v) is 8.73. The lowest BCUT2D eigenvalue weighted by atomic mass is 10.2. The highest BCUT2D eigenvalue weighted by Gasteiger charge is 2.09. The Bertz CT molecular complexity index is 676. The monoisotopic (exact) mass is 362 g/mol. The van der Waals surface area contributed by atoms with E-state index >= 15 is 0 Å². The first-order chi connectivity index (χ1) is 10.3. The highest BCUT2D eigenvalue weighted by Crippen LogP contribution is 2.35. The Hall–Kier alpha value is -1.16. The van der Waals surface area contributed by atoms with Crippen molar-refractivity contribution in [1.29, 1.82) is 0 Å². The van der Waals surface area contributed by atoms with Crippen LogP contribution in [0.2, 0.25) is 0 Å². The fourth-order valence-electron chi connectivity index (χ4n) is 1.99. The van der Waals surface area contributed by atoms with Crippen LogP contribution in [-0.2, 0) is 18.0 Å². The number of halogens is 1. The summed E-state index contributed by atoms with van der Waals surface area (Å²) in [6.45, 7) is 5.30. The van der Waals surface area contributed by atoms with Gasteiger partial charge in [-0.3, -0.25) is 0 Å². The van der Waals surface area contributed by atoms with Crippen LogP contribution in [0.1, 0.15) is 24.3 Å². The van der Waals surface area contributed by atoms with Gasteiger partial charge in [-0.2, -0.15) is 0 Å². The Kier molecular flexibility index (Phi) is 6.43. The second kappa shape index (κ2) is 8.32. The summed E-state index contributed by atoms with van der Waals surface area (Å²) in [5.74, 6) is 0. The van der Waals surface area contributed by atoms with E-state index in [0.29, 0.717) is 13.2 Å². The van der Waals surface area contributed by atoms with Crippen LogP contribution in [-0.4, -0.2) is 0 Å². The molecule has 1 nitrogen and oxygen atoms in total. The van der Waals surface area contributed by atoms with Gasteiger partial charge in [0.25, 0.3) is 0 Å². The second-order valence-electron chi connectivity index (χ2n) is 4.31. The standard InChI is InChI=1S/C16H13BrOS.C2H6/c17-16-13-8-4-5-9-14(13)19-15(16)11-18-10-12-6-2-1-3-7-12;1-2/h1-9H,10-11H2;1-2H3. The van der Waals surface area contributed by atoms with Gasteiger partial charge in [0.15, 0.2) is 0 Å². The third kappa shape index (κ3) is 4.16. The van der Waals surface area contributed by atoms with Gasteiger partial charge in [0.05, 0.1) is 13.2 Å². The van der Waals surface area contributed by atoms with Crippen molar-refractivity contribution in [1.82, 2.24) is 0 Å². The van der Waals surface area contributed by atoms with Crippen molar-refractivity contribution in [2.75, 3.05) is 0 Å². The Morgan fingerprint density at radius 1 is 0.905 bits per heavy atom. The number of ether oxygens (including phenoxy) is 1. The Labute approximate surface area is 138 Å². The Balaban J connectivity index is 0.000000774. The zero-order chi connectivity index (χ0) is 15.1. The molecule has 0 aliphatic rings. The van der Waals surface area contributed by atoms with Gasteiger partial charge in [0.1, 0.15) is 0 Å². The van der Waals surface area contributed by atoms with E-state index < -0.39 is 0 Å². The molecule has 2 aromatic carbocycles. The molecule has 0 radical (unpaired) electrons. The van der Waals surface area contributed by atoms with E-state index in [1.807, 2.05) is 32.0 Å². The van der Waals surface area contributed by atoms with E-state index in [0.717, 1.165) is 0 Å². The van der Waals surface area contributed by atoms with Gasteiger partial charge < -0.3 is 4.74 Å². The van der Waals surface area contributed by atoms with Crippen molar-refractivity contribution < 1.29 is 4.74 Å². The van der Waals surface area contributed by atoms with E-state index in [-0.39, 0.29) is 0 Å². The Morgan fingerprint density at radius 3 is 2.29 bits per heavy atom. The quantitative estimate of drug-likeness (QED) is 0.521. The van der Waals surface area contributed by atoms with Crippen LogP contribution in [0, 0.1) is 0 Å². The lowest BCUT2D eigenvalue weighted by Gasteiger charge is -2.03. The Morgan fingerprint density at radius 2 is 1.57 bits per heavy atom. The van der Waals surface area contributed by atoms with Crippen LogP contribution in [0.5, 0.6) is 0 Å². The third-order valence-electron chi connectivity index (χ3n) is 2.95. The van der Waals surface area contributed by atoms with E-state index in [1.54, 1.807) is 11.3 Å². The van der Waals surface area contributed by atoms with E-state index in [4.69, 9.17) is 4.74 Å². The van der Waals surface area contributed by atoms with Gasteiger partial charge in [-0.25, -0.2) is 0 Å². The number of hydrogen-bond acceptors (Lipinski definition) is 2. The van der Waals surface area contributed by atoms with Gasteiger partial charge in [-0.1, -0.05) is 62.4 Å². The summed E-state index contributed by atoms with van der Waals surface area (Å²) >= 11 is 5.46. The first-order valence-electron chi connectivity index (χ1n) is 7.12. The SMILES string of the molecule is Brc1c(COCc2ccccc2)sc2ccccc12.CC. The van der Waals surface area contributed by atoms with Gasteiger partial charge in [0.2, 0.25) is 0 Å². The van der Waals surface area contributed by atoms with Crippen molar-refractivity contribution in [3.05, 3.63) is 69.5 Å². The molecule has 0 bridgehead atoms. The van der Waals surface area contributed by atoms with Crippen LogP contribution in [0.25, 0.3) is 10.1 Å². The zero-order valence-corrected chi connectivity index (χ0v) is 14.7. The van der Waals surface area contributed by atoms with Crippen LogP contribution in [0.3, 0.4) is 0 Å². The van der Waals surface area contributed by atoms with Crippen molar-refractivity contribution in [2.45, 2.75) is 27.1 Å². The van der Waals surface area contributed by atoms with Crippen LogP contribution in [0.15, 0.2) is 59.1 Å². The minimum atomic E-state index is 0.648. The molecule has 0 fully saturated rings. The smallest absolute Gasteiger partial charge is 0.0825 e. The number of benzene rings is 2. The molecule has 0 unspecified atom stereocenters. The molecule has 0 saturated heterocycles. The summed E-state index contributed by atoms with van der Waals surface area (Å²) in [6, 6.07) is 18.7. The fraction of sp³-hybridized carbons (Fsp3) is 0.222. The summed E-state index contributed by atoms with van der Waals surface area (Å²) in [5.41, 5.74) is 1.21. The normalized spacial score (nSPS) is 10.2. The highest BCUT2D eigenvalue weighted by atomic mass is 79.9. The molecule has 3 rings (SSSR count). The molecule has 0 amide bonds. The molecule has 0 atom stereocenters. The van der Waals surface area contributed by atoms with Crippen LogP contribution < -0.4 is 0 Å². The maximum Gasteiger partial charge on any atom is 0.0825 e. The van der Waals surface area contributed by atoms with E-state index in [1.165, 1.54) is 25.0 Å². The molecule has 110 valence electrons. The summed E-state index contributed by atoms with van der Waals surface area (Å²) in [7, 11) is 0. The molecule has 3 heteroatoms. The summed E-state index contributed by atoms with van der Waals surface area (Å²) in [4.78, 5) is 1.25. The fourth-order valence-corrected chi connectivity index (χ4v) is 3.86. The first kappa shape index (κ1) is 16.2.